The maximum absolute atomic E-state index is 12.8. The normalized spacial score (nSPS) is 34.2. The van der Waals surface area contributed by atoms with Gasteiger partial charge in [-0.2, -0.15) is 0 Å². The van der Waals surface area contributed by atoms with E-state index in [-0.39, 0.29) is 17.4 Å². The fraction of sp³-hybridized carbons (Fsp3) is 0.667. The van der Waals surface area contributed by atoms with E-state index in [9.17, 15) is 9.59 Å². The van der Waals surface area contributed by atoms with Gasteiger partial charge in [-0.15, -0.1) is 0 Å². The van der Waals surface area contributed by atoms with Crippen LogP contribution in [0.3, 0.4) is 0 Å². The highest BCUT2D eigenvalue weighted by Crippen LogP contribution is 2.61. The van der Waals surface area contributed by atoms with Crippen LogP contribution in [0.25, 0.3) is 0 Å². The van der Waals surface area contributed by atoms with Crippen LogP contribution < -0.4 is 10.2 Å². The summed E-state index contributed by atoms with van der Waals surface area (Å²) in [5, 5.41) is 3.13. The van der Waals surface area contributed by atoms with E-state index in [0.717, 1.165) is 30.8 Å². The molecule has 4 bridgehead atoms. The minimum Gasteiger partial charge on any atom is -0.368 e. The molecule has 2 amide bonds. The van der Waals surface area contributed by atoms with Gasteiger partial charge in [0, 0.05) is 37.9 Å². The third-order valence-electron chi connectivity index (χ3n) is 8.23. The largest absolute Gasteiger partial charge is 0.368 e. The quantitative estimate of drug-likeness (QED) is 0.801. The van der Waals surface area contributed by atoms with E-state index in [2.05, 4.69) is 29.3 Å². The Morgan fingerprint density at radius 2 is 1.48 bits per heavy atom. The van der Waals surface area contributed by atoms with E-state index in [1.165, 1.54) is 44.2 Å². The highest BCUT2D eigenvalue weighted by atomic mass is 16.2. The molecule has 156 valence electrons. The fourth-order valence-electron chi connectivity index (χ4n) is 7.07. The highest BCUT2D eigenvalue weighted by Gasteiger charge is 2.53. The van der Waals surface area contributed by atoms with Crippen molar-refractivity contribution in [2.24, 2.45) is 23.2 Å². The second-order valence-electron chi connectivity index (χ2n) is 10.1. The van der Waals surface area contributed by atoms with Gasteiger partial charge < -0.3 is 15.1 Å². The zero-order chi connectivity index (χ0) is 20.0. The van der Waals surface area contributed by atoms with E-state index in [1.807, 2.05) is 18.2 Å². The molecule has 4 aliphatic carbocycles. The maximum atomic E-state index is 12.8. The summed E-state index contributed by atoms with van der Waals surface area (Å²) in [7, 11) is 0. The lowest BCUT2D eigenvalue weighted by Gasteiger charge is -2.59. The number of carbonyl (C=O) groups excluding carboxylic acids is 2. The summed E-state index contributed by atoms with van der Waals surface area (Å²) >= 11 is 0. The number of carbonyl (C=O) groups is 2. The van der Waals surface area contributed by atoms with Crippen LogP contribution in [0.5, 0.6) is 0 Å². The summed E-state index contributed by atoms with van der Waals surface area (Å²) in [5.41, 5.74) is 1.41. The van der Waals surface area contributed by atoms with E-state index < -0.39 is 5.91 Å². The summed E-state index contributed by atoms with van der Waals surface area (Å²) in [4.78, 5) is 29.6. The number of hydrogen-bond donors (Lipinski definition) is 1. The molecule has 5 heteroatoms. The van der Waals surface area contributed by atoms with Gasteiger partial charge >= 0.3 is 11.8 Å². The summed E-state index contributed by atoms with van der Waals surface area (Å²) in [6, 6.07) is 10.4. The van der Waals surface area contributed by atoms with Crippen LogP contribution in [-0.2, 0) is 9.59 Å². The molecule has 4 saturated carbocycles. The number of amides is 2. The third-order valence-corrected chi connectivity index (χ3v) is 8.23. The van der Waals surface area contributed by atoms with Crippen LogP contribution in [0.2, 0.25) is 0 Å². The van der Waals surface area contributed by atoms with Gasteiger partial charge in [0.15, 0.2) is 0 Å². The molecule has 1 atom stereocenters. The van der Waals surface area contributed by atoms with Crippen molar-refractivity contribution in [1.82, 2.24) is 10.2 Å². The molecule has 0 spiro atoms. The van der Waals surface area contributed by atoms with Gasteiger partial charge in [-0.25, -0.2) is 0 Å². The zero-order valence-corrected chi connectivity index (χ0v) is 17.5. The molecule has 5 aliphatic rings. The van der Waals surface area contributed by atoms with Crippen LogP contribution in [0.15, 0.2) is 30.3 Å². The Morgan fingerprint density at radius 3 is 2.03 bits per heavy atom. The second-order valence-corrected chi connectivity index (χ2v) is 10.1. The summed E-state index contributed by atoms with van der Waals surface area (Å²) < 4.78 is 0. The van der Waals surface area contributed by atoms with Crippen molar-refractivity contribution in [3.8, 4) is 0 Å². The standard InChI is InChI=1S/C24H33N3O2/c1-17(24-14-18-11-19(15-24)13-20(12-18)16-24)25-22(28)23(29)27-9-7-26(8-10-27)21-5-3-2-4-6-21/h2-6,17-20H,7-16H2,1H3,(H,25,28). The van der Waals surface area contributed by atoms with Crippen LogP contribution >= 0.6 is 0 Å². The molecule has 5 fully saturated rings. The van der Waals surface area contributed by atoms with Gasteiger partial charge in [0.1, 0.15) is 0 Å². The molecular weight excluding hydrogens is 362 g/mol. The van der Waals surface area contributed by atoms with Crippen LogP contribution in [0.1, 0.15) is 45.4 Å². The van der Waals surface area contributed by atoms with E-state index in [4.69, 9.17) is 0 Å². The summed E-state index contributed by atoms with van der Waals surface area (Å²) in [6.45, 7) is 4.90. The minimum absolute atomic E-state index is 0.0953. The molecule has 0 aromatic heterocycles. The van der Waals surface area contributed by atoms with Crippen molar-refractivity contribution in [3.05, 3.63) is 30.3 Å². The van der Waals surface area contributed by atoms with Crippen LogP contribution in [0, 0.1) is 23.2 Å². The van der Waals surface area contributed by atoms with Gasteiger partial charge in [0.2, 0.25) is 0 Å². The molecule has 1 aromatic carbocycles. The number of benzene rings is 1. The minimum atomic E-state index is -0.401. The zero-order valence-electron chi connectivity index (χ0n) is 17.5. The predicted octanol–water partition coefficient (Wildman–Crippen LogP) is 3.06. The Balaban J connectivity index is 1.17. The van der Waals surface area contributed by atoms with Crippen molar-refractivity contribution in [2.45, 2.75) is 51.5 Å². The van der Waals surface area contributed by atoms with E-state index in [0.29, 0.717) is 13.1 Å². The number of nitrogens with zero attached hydrogens (tertiary/aromatic N) is 2. The lowest BCUT2D eigenvalue weighted by atomic mass is 9.48. The molecule has 5 nitrogen and oxygen atoms in total. The second kappa shape index (κ2) is 7.33. The lowest BCUT2D eigenvalue weighted by Crippen LogP contribution is -2.58. The Bertz CT molecular complexity index is 734. The third kappa shape index (κ3) is 3.53. The molecule has 29 heavy (non-hydrogen) atoms. The first-order valence-corrected chi connectivity index (χ1v) is 11.4. The average molecular weight is 396 g/mol. The summed E-state index contributed by atoms with van der Waals surface area (Å²) in [5.74, 6) is 1.79. The maximum Gasteiger partial charge on any atom is 0.312 e. The van der Waals surface area contributed by atoms with Crippen LogP contribution in [0.4, 0.5) is 5.69 Å². The van der Waals surface area contributed by atoms with Gasteiger partial charge in [-0.05, 0) is 80.8 Å². The van der Waals surface area contributed by atoms with Gasteiger partial charge in [-0.1, -0.05) is 18.2 Å². The highest BCUT2D eigenvalue weighted by molar-refractivity contribution is 6.35. The van der Waals surface area contributed by atoms with Gasteiger partial charge in [-0.3, -0.25) is 9.59 Å². The Hall–Kier alpha value is -2.04. The van der Waals surface area contributed by atoms with Crippen molar-refractivity contribution < 1.29 is 9.59 Å². The number of anilines is 1. The Morgan fingerprint density at radius 1 is 0.931 bits per heavy atom. The SMILES string of the molecule is CC(NC(=O)C(=O)N1CCN(c2ccccc2)CC1)C12CC3CC(CC(C3)C1)C2. The number of para-hydroxylation sites is 1. The number of piperazine rings is 1. The summed E-state index contributed by atoms with van der Waals surface area (Å²) in [6.07, 6.45) is 7.90. The molecule has 6 rings (SSSR count). The van der Waals surface area contributed by atoms with Crippen molar-refractivity contribution >= 4 is 17.5 Å². The van der Waals surface area contributed by atoms with E-state index >= 15 is 0 Å². The molecule has 1 heterocycles. The smallest absolute Gasteiger partial charge is 0.312 e. The van der Waals surface area contributed by atoms with Crippen molar-refractivity contribution in [1.29, 1.82) is 0 Å². The first-order valence-electron chi connectivity index (χ1n) is 11.4. The number of nitrogens with one attached hydrogen (secondary N) is 1. The topological polar surface area (TPSA) is 52.7 Å². The van der Waals surface area contributed by atoms with Gasteiger partial charge in [0.25, 0.3) is 0 Å². The Labute approximate surface area is 173 Å². The van der Waals surface area contributed by atoms with Crippen LogP contribution in [-0.4, -0.2) is 48.9 Å². The average Bonchev–Trinajstić information content (AvgIpc) is 2.73. The van der Waals surface area contributed by atoms with Crippen molar-refractivity contribution in [3.63, 3.8) is 0 Å². The molecule has 1 N–H and O–H groups in total. The first kappa shape index (κ1) is 19.0. The molecule has 0 radical (unpaired) electrons. The fourth-order valence-corrected chi connectivity index (χ4v) is 7.07. The first-order chi connectivity index (χ1) is 14.0. The molecule has 1 aliphatic heterocycles. The Kier molecular flexibility index (Phi) is 4.79. The number of rotatable bonds is 3. The molecule has 1 saturated heterocycles. The van der Waals surface area contributed by atoms with Gasteiger partial charge in [0.05, 0.1) is 0 Å². The predicted molar refractivity (Wildman–Crippen MR) is 113 cm³/mol. The lowest BCUT2D eigenvalue weighted by molar-refractivity contribution is -0.148. The number of hydrogen-bond acceptors (Lipinski definition) is 3. The van der Waals surface area contributed by atoms with Crippen molar-refractivity contribution in [2.75, 3.05) is 31.1 Å². The molecular formula is C24H33N3O2. The molecule has 1 unspecified atom stereocenters. The molecule has 1 aromatic rings. The monoisotopic (exact) mass is 395 g/mol. The van der Waals surface area contributed by atoms with E-state index in [1.54, 1.807) is 4.90 Å².